The molecule has 1 aliphatic carbocycles. The lowest BCUT2D eigenvalue weighted by molar-refractivity contribution is -0.916. The van der Waals surface area contributed by atoms with Crippen molar-refractivity contribution in [2.75, 3.05) is 11.9 Å². The minimum absolute atomic E-state index is 0.0521. The van der Waals surface area contributed by atoms with Crippen molar-refractivity contribution in [3.63, 3.8) is 0 Å². The van der Waals surface area contributed by atoms with Gasteiger partial charge in [-0.25, -0.2) is 4.39 Å². The van der Waals surface area contributed by atoms with Crippen LogP contribution < -0.4 is 10.2 Å². The Morgan fingerprint density at radius 3 is 2.42 bits per heavy atom. The van der Waals surface area contributed by atoms with Gasteiger partial charge in [0.15, 0.2) is 6.54 Å². The quantitative estimate of drug-likeness (QED) is 0.852. The molecule has 4 nitrogen and oxygen atoms in total. The number of nitrogens with one attached hydrogen (secondary N) is 2. The molecule has 2 aromatic carbocycles. The van der Waals surface area contributed by atoms with Crippen LogP contribution in [0, 0.1) is 17.1 Å². The molecule has 0 bridgehead atoms. The summed E-state index contributed by atoms with van der Waals surface area (Å²) in [4.78, 5) is 13.5. The van der Waals surface area contributed by atoms with Gasteiger partial charge in [-0.05, 0) is 36.4 Å². The molecule has 0 saturated heterocycles. The van der Waals surface area contributed by atoms with Gasteiger partial charge >= 0.3 is 0 Å². The van der Waals surface area contributed by atoms with E-state index in [0.717, 1.165) is 18.4 Å². The van der Waals surface area contributed by atoms with Gasteiger partial charge in [-0.3, -0.25) is 4.79 Å². The molecule has 1 saturated carbocycles. The highest BCUT2D eigenvalue weighted by Crippen LogP contribution is 2.16. The molecule has 1 atom stereocenters. The summed E-state index contributed by atoms with van der Waals surface area (Å²) in [5.74, 6) is -0.297. The van der Waals surface area contributed by atoms with Crippen LogP contribution in [0.4, 0.5) is 10.1 Å². The second-order valence-electron chi connectivity index (χ2n) is 6.15. The monoisotopic (exact) mass is 324 g/mol. The van der Waals surface area contributed by atoms with E-state index in [1.807, 2.05) is 0 Å². The van der Waals surface area contributed by atoms with Crippen molar-refractivity contribution in [3.8, 4) is 6.07 Å². The summed E-state index contributed by atoms with van der Waals surface area (Å²) < 4.78 is 13.0. The standard InChI is InChI=1S/C19H18FN3O/c20-16-5-1-15(2-6-16)12-23(18-9-10-18)13-19(24)22-17-7-3-14(11-21)4-8-17/h1-8,18H,9-10,12-13H2,(H,22,24)/p+1. The van der Waals surface area contributed by atoms with Gasteiger partial charge in [0.2, 0.25) is 0 Å². The van der Waals surface area contributed by atoms with E-state index in [1.165, 1.54) is 17.0 Å². The Hall–Kier alpha value is -2.71. The molecule has 0 heterocycles. The number of rotatable bonds is 6. The number of nitrogens with zero attached hydrogens (tertiary/aromatic N) is 1. The Morgan fingerprint density at radius 1 is 1.17 bits per heavy atom. The summed E-state index contributed by atoms with van der Waals surface area (Å²) in [5, 5.41) is 11.7. The fourth-order valence-electron chi connectivity index (χ4n) is 2.75. The Bertz CT molecular complexity index is 746. The van der Waals surface area contributed by atoms with Crippen LogP contribution in [-0.4, -0.2) is 18.5 Å². The van der Waals surface area contributed by atoms with E-state index < -0.39 is 0 Å². The zero-order valence-electron chi connectivity index (χ0n) is 13.3. The molecule has 122 valence electrons. The van der Waals surface area contributed by atoms with Crippen LogP contribution >= 0.6 is 0 Å². The molecule has 1 aliphatic rings. The number of anilines is 1. The third-order valence-corrected chi connectivity index (χ3v) is 4.18. The highest BCUT2D eigenvalue weighted by atomic mass is 19.1. The molecule has 3 rings (SSSR count). The lowest BCUT2D eigenvalue weighted by Gasteiger charge is -2.19. The number of nitriles is 1. The van der Waals surface area contributed by atoms with E-state index in [2.05, 4.69) is 11.4 Å². The average molecular weight is 324 g/mol. The average Bonchev–Trinajstić information content (AvgIpc) is 3.42. The minimum atomic E-state index is -0.245. The summed E-state index contributed by atoms with van der Waals surface area (Å²) in [5.41, 5.74) is 2.29. The second-order valence-corrected chi connectivity index (χ2v) is 6.15. The number of hydrogen-bond acceptors (Lipinski definition) is 2. The van der Waals surface area contributed by atoms with Gasteiger partial charge in [0.1, 0.15) is 12.4 Å². The summed E-state index contributed by atoms with van der Waals surface area (Å²) in [6.07, 6.45) is 2.25. The molecular formula is C19H19FN3O+. The Kier molecular flexibility index (Phi) is 4.88. The summed E-state index contributed by atoms with van der Waals surface area (Å²) in [6, 6.07) is 15.8. The maximum atomic E-state index is 13.0. The van der Waals surface area contributed by atoms with E-state index in [-0.39, 0.29) is 11.7 Å². The van der Waals surface area contributed by atoms with Crippen LogP contribution in [-0.2, 0) is 11.3 Å². The third kappa shape index (κ3) is 4.40. The maximum absolute atomic E-state index is 13.0. The normalized spacial score (nSPS) is 14.7. The van der Waals surface area contributed by atoms with E-state index in [4.69, 9.17) is 5.26 Å². The SMILES string of the molecule is N#Cc1ccc(NC(=O)C[NH+](Cc2ccc(F)cc2)C2CC2)cc1. The van der Waals surface area contributed by atoms with Crippen molar-refractivity contribution in [1.29, 1.82) is 5.26 Å². The minimum Gasteiger partial charge on any atom is -0.321 e. The van der Waals surface area contributed by atoms with Crippen molar-refractivity contribution in [2.24, 2.45) is 0 Å². The van der Waals surface area contributed by atoms with Gasteiger partial charge in [-0.1, -0.05) is 12.1 Å². The molecule has 1 unspecified atom stereocenters. The van der Waals surface area contributed by atoms with Gasteiger partial charge in [0.25, 0.3) is 5.91 Å². The van der Waals surface area contributed by atoms with E-state index in [9.17, 15) is 9.18 Å². The first kappa shape index (κ1) is 16.2. The fourth-order valence-corrected chi connectivity index (χ4v) is 2.75. The number of halogens is 1. The fraction of sp³-hybridized carbons (Fsp3) is 0.263. The highest BCUT2D eigenvalue weighted by molar-refractivity contribution is 5.91. The van der Waals surface area contributed by atoms with Gasteiger partial charge in [0, 0.05) is 24.1 Å². The molecule has 0 spiro atoms. The van der Waals surface area contributed by atoms with Gasteiger partial charge in [0.05, 0.1) is 17.7 Å². The van der Waals surface area contributed by atoms with E-state index >= 15 is 0 Å². The zero-order valence-corrected chi connectivity index (χ0v) is 13.3. The van der Waals surface area contributed by atoms with Gasteiger partial charge in [-0.2, -0.15) is 5.26 Å². The number of amides is 1. The molecule has 24 heavy (non-hydrogen) atoms. The summed E-state index contributed by atoms with van der Waals surface area (Å²) in [6.45, 7) is 1.09. The van der Waals surface area contributed by atoms with Crippen LogP contribution in [0.1, 0.15) is 24.0 Å². The number of carbonyl (C=O) groups excluding carboxylic acids is 1. The largest absolute Gasteiger partial charge is 0.321 e. The van der Waals surface area contributed by atoms with Gasteiger partial charge in [-0.15, -0.1) is 0 Å². The first-order chi connectivity index (χ1) is 11.6. The maximum Gasteiger partial charge on any atom is 0.279 e. The molecule has 1 fully saturated rings. The molecular weight excluding hydrogens is 305 g/mol. The van der Waals surface area contributed by atoms with E-state index in [1.54, 1.807) is 36.4 Å². The smallest absolute Gasteiger partial charge is 0.279 e. The first-order valence-corrected chi connectivity index (χ1v) is 8.03. The number of quaternary nitrogens is 1. The van der Waals surface area contributed by atoms with Crippen LogP contribution in [0.3, 0.4) is 0 Å². The van der Waals surface area contributed by atoms with Crippen LogP contribution in [0.2, 0.25) is 0 Å². The predicted molar refractivity (Wildman–Crippen MR) is 88.7 cm³/mol. The second kappa shape index (κ2) is 7.24. The number of benzene rings is 2. The summed E-state index contributed by atoms with van der Waals surface area (Å²) in [7, 11) is 0. The van der Waals surface area contributed by atoms with Crippen molar-refractivity contribution < 1.29 is 14.1 Å². The molecule has 0 aliphatic heterocycles. The van der Waals surface area contributed by atoms with Crippen molar-refractivity contribution >= 4 is 11.6 Å². The number of carbonyl (C=O) groups is 1. The molecule has 2 N–H and O–H groups in total. The van der Waals surface area contributed by atoms with Crippen LogP contribution in [0.5, 0.6) is 0 Å². The molecule has 1 amide bonds. The molecule has 5 heteroatoms. The van der Waals surface area contributed by atoms with Crippen molar-refractivity contribution in [2.45, 2.75) is 25.4 Å². The first-order valence-electron chi connectivity index (χ1n) is 8.03. The number of hydrogen-bond donors (Lipinski definition) is 2. The van der Waals surface area contributed by atoms with Gasteiger partial charge < -0.3 is 10.2 Å². The lowest BCUT2D eigenvalue weighted by Crippen LogP contribution is -3.13. The van der Waals surface area contributed by atoms with E-state index in [0.29, 0.717) is 30.4 Å². The van der Waals surface area contributed by atoms with Crippen molar-refractivity contribution in [1.82, 2.24) is 0 Å². The Balaban J connectivity index is 1.59. The van der Waals surface area contributed by atoms with Crippen LogP contribution in [0.25, 0.3) is 0 Å². The van der Waals surface area contributed by atoms with Crippen LogP contribution in [0.15, 0.2) is 48.5 Å². The zero-order chi connectivity index (χ0) is 16.9. The predicted octanol–water partition coefficient (Wildman–Crippen LogP) is 1.88. The summed E-state index contributed by atoms with van der Waals surface area (Å²) >= 11 is 0. The Morgan fingerprint density at radius 2 is 1.83 bits per heavy atom. The molecule has 0 radical (unpaired) electrons. The topological polar surface area (TPSA) is 57.3 Å². The third-order valence-electron chi connectivity index (χ3n) is 4.18. The molecule has 2 aromatic rings. The lowest BCUT2D eigenvalue weighted by atomic mass is 10.2. The molecule has 0 aromatic heterocycles. The highest BCUT2D eigenvalue weighted by Gasteiger charge is 2.34. The van der Waals surface area contributed by atoms with Crippen molar-refractivity contribution in [3.05, 3.63) is 65.5 Å². The Labute approximate surface area is 140 Å².